The Morgan fingerprint density at radius 2 is 1.65 bits per heavy atom. The first kappa shape index (κ1) is 12.4. The number of halogens is 1. The third-order valence-corrected chi connectivity index (χ3v) is 3.56. The van der Waals surface area contributed by atoms with Crippen molar-refractivity contribution in [2.24, 2.45) is 0 Å². The molecule has 0 spiro atoms. The summed E-state index contributed by atoms with van der Waals surface area (Å²) in [6.07, 6.45) is 0. The lowest BCUT2D eigenvalue weighted by Crippen LogP contribution is -2.41. The van der Waals surface area contributed by atoms with Gasteiger partial charge in [-0.3, -0.25) is 0 Å². The van der Waals surface area contributed by atoms with Crippen LogP contribution in [0.2, 0.25) is 0 Å². The maximum Gasteiger partial charge on any atom is 0.496 e. The zero-order chi connectivity index (χ0) is 12.8. The molecule has 0 atom stereocenters. The van der Waals surface area contributed by atoms with Gasteiger partial charge in [-0.2, -0.15) is 0 Å². The van der Waals surface area contributed by atoms with Crippen LogP contribution in [0.25, 0.3) is 0 Å². The molecular weight excluding hydrogens is 220 g/mol. The van der Waals surface area contributed by atoms with Crippen molar-refractivity contribution in [3.05, 3.63) is 24.0 Å². The summed E-state index contributed by atoms with van der Waals surface area (Å²) in [5.74, 6) is -0.359. The Balaban J connectivity index is 2.32. The van der Waals surface area contributed by atoms with E-state index in [0.29, 0.717) is 11.2 Å². The average Bonchev–Trinajstić information content (AvgIpc) is 2.35. The molecule has 0 bridgehead atoms. The predicted molar refractivity (Wildman–Crippen MR) is 66.5 cm³/mol. The highest BCUT2D eigenvalue weighted by molar-refractivity contribution is 6.63. The van der Waals surface area contributed by atoms with Crippen molar-refractivity contribution in [3.8, 4) is 0 Å². The van der Waals surface area contributed by atoms with Crippen molar-refractivity contribution in [3.63, 3.8) is 0 Å². The number of nitrogens with two attached hydrogens (primary N) is 1. The van der Waals surface area contributed by atoms with E-state index < -0.39 is 18.3 Å². The van der Waals surface area contributed by atoms with E-state index in [2.05, 4.69) is 0 Å². The molecule has 2 N–H and O–H groups in total. The van der Waals surface area contributed by atoms with Crippen LogP contribution in [0.4, 0.5) is 10.1 Å². The Kier molecular flexibility index (Phi) is 2.71. The minimum Gasteiger partial charge on any atom is -0.399 e. The van der Waals surface area contributed by atoms with Gasteiger partial charge in [0.25, 0.3) is 0 Å². The van der Waals surface area contributed by atoms with Crippen molar-refractivity contribution in [2.75, 3.05) is 5.73 Å². The smallest absolute Gasteiger partial charge is 0.399 e. The maximum absolute atomic E-state index is 13.0. The molecule has 3 nitrogen and oxygen atoms in total. The number of hydrogen-bond acceptors (Lipinski definition) is 3. The van der Waals surface area contributed by atoms with E-state index >= 15 is 0 Å². The predicted octanol–water partition coefficient (Wildman–Crippen LogP) is 1.71. The normalized spacial score (nSPS) is 21.8. The number of hydrogen-bond donors (Lipinski definition) is 1. The van der Waals surface area contributed by atoms with Crippen LogP contribution in [0, 0.1) is 5.82 Å². The zero-order valence-corrected chi connectivity index (χ0v) is 10.6. The fraction of sp³-hybridized carbons (Fsp3) is 0.500. The first-order valence-electron chi connectivity index (χ1n) is 5.63. The molecule has 92 valence electrons. The minimum atomic E-state index is -0.541. The lowest BCUT2D eigenvalue weighted by Gasteiger charge is -2.32. The Hall–Kier alpha value is -1.07. The van der Waals surface area contributed by atoms with Crippen LogP contribution < -0.4 is 11.2 Å². The zero-order valence-electron chi connectivity index (χ0n) is 10.6. The molecule has 0 aromatic heterocycles. The first-order chi connectivity index (χ1) is 7.73. The second kappa shape index (κ2) is 3.72. The summed E-state index contributed by atoms with van der Waals surface area (Å²) in [4.78, 5) is 0. The molecule has 0 saturated carbocycles. The van der Waals surface area contributed by atoms with E-state index in [1.165, 1.54) is 12.1 Å². The number of nitrogen functional groups attached to an aromatic ring is 1. The van der Waals surface area contributed by atoms with Gasteiger partial charge in [-0.05, 0) is 39.8 Å². The lowest BCUT2D eigenvalue weighted by atomic mass is 9.78. The summed E-state index contributed by atoms with van der Waals surface area (Å²) in [7, 11) is -0.541. The highest BCUT2D eigenvalue weighted by Crippen LogP contribution is 2.36. The number of rotatable bonds is 1. The quantitative estimate of drug-likeness (QED) is 0.597. The average molecular weight is 237 g/mol. The molecule has 2 rings (SSSR count). The second-order valence-electron chi connectivity index (χ2n) is 5.36. The molecule has 1 fully saturated rings. The second-order valence-corrected chi connectivity index (χ2v) is 5.36. The van der Waals surface area contributed by atoms with E-state index in [4.69, 9.17) is 15.0 Å². The highest BCUT2D eigenvalue weighted by Gasteiger charge is 2.52. The Labute approximate surface area is 101 Å². The third-order valence-electron chi connectivity index (χ3n) is 3.56. The highest BCUT2D eigenvalue weighted by atomic mass is 19.1. The van der Waals surface area contributed by atoms with Gasteiger partial charge >= 0.3 is 7.12 Å². The molecule has 1 aromatic carbocycles. The molecule has 5 heteroatoms. The molecule has 1 saturated heterocycles. The number of benzene rings is 1. The summed E-state index contributed by atoms with van der Waals surface area (Å²) in [6.45, 7) is 7.86. The Morgan fingerprint density at radius 1 is 1.12 bits per heavy atom. The molecule has 0 radical (unpaired) electrons. The van der Waals surface area contributed by atoms with Gasteiger partial charge < -0.3 is 15.0 Å². The van der Waals surface area contributed by atoms with Crippen LogP contribution in [0.15, 0.2) is 18.2 Å². The minimum absolute atomic E-state index is 0.350. The van der Waals surface area contributed by atoms with E-state index in [9.17, 15) is 4.39 Å². The monoisotopic (exact) mass is 237 g/mol. The van der Waals surface area contributed by atoms with Crippen LogP contribution in [-0.4, -0.2) is 18.3 Å². The molecule has 17 heavy (non-hydrogen) atoms. The molecule has 1 aliphatic rings. The van der Waals surface area contributed by atoms with E-state index in [0.717, 1.165) is 0 Å². The van der Waals surface area contributed by atoms with Crippen molar-refractivity contribution in [2.45, 2.75) is 38.9 Å². The van der Waals surface area contributed by atoms with Gasteiger partial charge in [-0.25, -0.2) is 4.39 Å². The number of anilines is 1. The molecule has 0 unspecified atom stereocenters. The lowest BCUT2D eigenvalue weighted by molar-refractivity contribution is 0.00578. The van der Waals surface area contributed by atoms with Gasteiger partial charge in [0.15, 0.2) is 0 Å². The topological polar surface area (TPSA) is 44.5 Å². The van der Waals surface area contributed by atoms with Crippen molar-refractivity contribution in [1.29, 1.82) is 0 Å². The Morgan fingerprint density at radius 3 is 2.12 bits per heavy atom. The van der Waals surface area contributed by atoms with Gasteiger partial charge in [0.2, 0.25) is 0 Å². The molecule has 1 aliphatic heterocycles. The Bertz CT molecular complexity index is 432. The van der Waals surface area contributed by atoms with Crippen LogP contribution in [0.5, 0.6) is 0 Å². The molecule has 0 amide bonds. The molecular formula is C12H17BFNO2. The van der Waals surface area contributed by atoms with Crippen LogP contribution in [-0.2, 0) is 9.31 Å². The largest absolute Gasteiger partial charge is 0.496 e. The molecule has 1 aromatic rings. The van der Waals surface area contributed by atoms with E-state index in [-0.39, 0.29) is 5.82 Å². The summed E-state index contributed by atoms with van der Waals surface area (Å²) < 4.78 is 24.7. The van der Waals surface area contributed by atoms with Crippen molar-refractivity contribution < 1.29 is 13.7 Å². The molecule has 1 heterocycles. The van der Waals surface area contributed by atoms with Crippen molar-refractivity contribution >= 4 is 18.3 Å². The van der Waals surface area contributed by atoms with E-state index in [1.54, 1.807) is 6.07 Å². The van der Waals surface area contributed by atoms with Gasteiger partial charge in [-0.15, -0.1) is 0 Å². The van der Waals surface area contributed by atoms with Gasteiger partial charge in [0, 0.05) is 11.2 Å². The summed E-state index contributed by atoms with van der Waals surface area (Å²) >= 11 is 0. The first-order valence-corrected chi connectivity index (χ1v) is 5.63. The summed E-state index contributed by atoms with van der Waals surface area (Å²) in [5, 5.41) is 0. The van der Waals surface area contributed by atoms with Crippen LogP contribution in [0.3, 0.4) is 0 Å². The summed E-state index contributed by atoms with van der Waals surface area (Å²) in [6, 6.07) is 4.24. The van der Waals surface area contributed by atoms with Crippen LogP contribution in [0.1, 0.15) is 27.7 Å². The molecule has 0 aliphatic carbocycles. The van der Waals surface area contributed by atoms with Crippen LogP contribution >= 0.6 is 0 Å². The maximum atomic E-state index is 13.0. The third kappa shape index (κ3) is 2.05. The van der Waals surface area contributed by atoms with Gasteiger partial charge in [0.05, 0.1) is 11.2 Å². The fourth-order valence-electron chi connectivity index (χ4n) is 1.73. The standard InChI is InChI=1S/C12H17BFNO2/c1-11(2)12(3,4)17-13(16-11)9-6-5-8(14)7-10(9)15/h5-7H,15H2,1-4H3. The fourth-order valence-corrected chi connectivity index (χ4v) is 1.73. The van der Waals surface area contributed by atoms with Gasteiger partial charge in [-0.1, -0.05) is 6.07 Å². The van der Waals surface area contributed by atoms with Crippen molar-refractivity contribution in [1.82, 2.24) is 0 Å². The van der Waals surface area contributed by atoms with E-state index in [1.807, 2.05) is 27.7 Å². The van der Waals surface area contributed by atoms with Gasteiger partial charge in [0.1, 0.15) is 5.82 Å². The summed E-state index contributed by atoms with van der Waals surface area (Å²) in [5.41, 5.74) is 5.96. The SMILES string of the molecule is CC1(C)OB(c2ccc(F)cc2N)OC1(C)C.